The van der Waals surface area contributed by atoms with Crippen molar-refractivity contribution >= 4 is 12.1 Å². The molecule has 0 aliphatic heterocycles. The Bertz CT molecular complexity index is 827. The second-order valence-corrected chi connectivity index (χ2v) is 5.94. The lowest BCUT2D eigenvalue weighted by molar-refractivity contribution is 0.154. The molecule has 128 valence electrons. The highest BCUT2D eigenvalue weighted by Gasteiger charge is 2.19. The third-order valence-corrected chi connectivity index (χ3v) is 3.66. The highest BCUT2D eigenvalue weighted by Crippen LogP contribution is 2.31. The van der Waals surface area contributed by atoms with Gasteiger partial charge >= 0.3 is 12.1 Å². The smallest absolute Gasteiger partial charge is 0.415 e. The molecule has 0 bridgehead atoms. The van der Waals surface area contributed by atoms with Crippen LogP contribution in [0, 0.1) is 0 Å². The number of hydrogen-bond donors (Lipinski definition) is 1. The lowest BCUT2D eigenvalue weighted by Gasteiger charge is -2.04. The fourth-order valence-electron chi connectivity index (χ4n) is 2.42. The number of aromatic nitrogens is 1. The number of nitrogens with one attached hydrogen (secondary N) is 1. The molecule has 0 atom stereocenters. The molecule has 0 saturated heterocycles. The summed E-state index contributed by atoms with van der Waals surface area (Å²) in [6.45, 7) is 4.25. The van der Waals surface area contributed by atoms with E-state index in [1.165, 1.54) is 0 Å². The van der Waals surface area contributed by atoms with Crippen LogP contribution in [0.2, 0.25) is 0 Å². The first-order valence-electron chi connectivity index (χ1n) is 8.17. The number of ether oxygens (including phenoxy) is 1. The summed E-state index contributed by atoms with van der Waals surface area (Å²) in [5.41, 5.74) is 2.63. The monoisotopic (exact) mass is 336 g/mol. The summed E-state index contributed by atoms with van der Waals surface area (Å²) in [7, 11) is 0. The minimum Gasteiger partial charge on any atom is -0.444 e. The summed E-state index contributed by atoms with van der Waals surface area (Å²) in [6.07, 6.45) is -0.597. The van der Waals surface area contributed by atoms with Crippen LogP contribution in [0.3, 0.4) is 0 Å². The molecule has 0 aliphatic rings. The van der Waals surface area contributed by atoms with Crippen molar-refractivity contribution in [2.75, 3.05) is 5.32 Å². The minimum atomic E-state index is -0.597. The van der Waals surface area contributed by atoms with Gasteiger partial charge in [-0.25, -0.2) is 10.1 Å². The second kappa shape index (κ2) is 7.66. The molecule has 3 aromatic rings. The van der Waals surface area contributed by atoms with Crippen molar-refractivity contribution in [3.8, 4) is 11.3 Å². The molecule has 0 fully saturated rings. The highest BCUT2D eigenvalue weighted by atomic mass is 16.6. The molecule has 5 nitrogen and oxygen atoms in total. The predicted molar refractivity (Wildman–Crippen MR) is 96.3 cm³/mol. The zero-order chi connectivity index (χ0) is 17.6. The maximum absolute atomic E-state index is 12.0. The van der Waals surface area contributed by atoms with E-state index in [0.29, 0.717) is 5.76 Å². The van der Waals surface area contributed by atoms with Crippen molar-refractivity contribution in [2.45, 2.75) is 26.4 Å². The largest absolute Gasteiger partial charge is 0.444 e. The molecular formula is C20H20N2O3. The Kier molecular flexibility index (Phi) is 5.14. The summed E-state index contributed by atoms with van der Waals surface area (Å²) >= 11 is 0. The lowest BCUT2D eigenvalue weighted by Crippen LogP contribution is -2.13. The van der Waals surface area contributed by atoms with Gasteiger partial charge in [-0.15, -0.1) is 0 Å². The van der Waals surface area contributed by atoms with Crippen LogP contribution in [-0.4, -0.2) is 11.1 Å². The average molecular weight is 336 g/mol. The number of nitrogens with zero attached hydrogens (tertiary/aromatic N) is 1. The quantitative estimate of drug-likeness (QED) is 0.694. The normalized spacial score (nSPS) is 10.7. The van der Waals surface area contributed by atoms with Crippen molar-refractivity contribution in [1.82, 2.24) is 4.98 Å². The topological polar surface area (TPSA) is 64.4 Å². The van der Waals surface area contributed by atoms with E-state index in [1.54, 1.807) is 0 Å². The van der Waals surface area contributed by atoms with Crippen molar-refractivity contribution in [3.63, 3.8) is 0 Å². The Labute approximate surface area is 146 Å². The van der Waals surface area contributed by atoms with Gasteiger partial charge in [-0.05, 0) is 11.5 Å². The zero-order valence-electron chi connectivity index (χ0n) is 14.2. The summed E-state index contributed by atoms with van der Waals surface area (Å²) in [4.78, 5) is 16.4. The highest BCUT2D eigenvalue weighted by molar-refractivity contribution is 5.82. The molecule has 1 heterocycles. The van der Waals surface area contributed by atoms with Crippen LogP contribution in [0.25, 0.3) is 11.3 Å². The van der Waals surface area contributed by atoms with Crippen LogP contribution < -0.4 is 5.32 Å². The maximum atomic E-state index is 12.0. The van der Waals surface area contributed by atoms with E-state index in [-0.39, 0.29) is 18.5 Å². The van der Waals surface area contributed by atoms with Crippen molar-refractivity contribution in [3.05, 3.63) is 71.9 Å². The van der Waals surface area contributed by atoms with Gasteiger partial charge in [0.1, 0.15) is 6.61 Å². The first-order chi connectivity index (χ1) is 12.1. The molecule has 0 spiro atoms. The zero-order valence-corrected chi connectivity index (χ0v) is 14.2. The molecule has 0 radical (unpaired) electrons. The van der Waals surface area contributed by atoms with Crippen molar-refractivity contribution < 1.29 is 13.9 Å². The third kappa shape index (κ3) is 4.26. The van der Waals surface area contributed by atoms with Gasteiger partial charge in [-0.3, -0.25) is 0 Å². The van der Waals surface area contributed by atoms with Gasteiger partial charge in [-0.1, -0.05) is 74.5 Å². The number of rotatable bonds is 5. The summed E-state index contributed by atoms with van der Waals surface area (Å²) in [6, 6.07) is 19.3. The van der Waals surface area contributed by atoms with E-state index >= 15 is 0 Å². The lowest BCUT2D eigenvalue weighted by atomic mass is 10.0. The van der Waals surface area contributed by atoms with Crippen molar-refractivity contribution in [2.24, 2.45) is 0 Å². The standard InChI is InChI=1S/C20H20N2O3/c1-14(2)17-18(16-11-7-4-8-12-16)25-19(21-17)22-20(23)24-13-15-9-5-3-6-10-15/h3-12,14H,13H2,1-2H3,(H,21,22,23). The first-order valence-corrected chi connectivity index (χ1v) is 8.17. The second-order valence-electron chi connectivity index (χ2n) is 5.94. The van der Waals surface area contributed by atoms with E-state index < -0.39 is 6.09 Å². The van der Waals surface area contributed by atoms with Crippen LogP contribution in [0.4, 0.5) is 10.8 Å². The molecule has 1 aromatic heterocycles. The van der Waals surface area contributed by atoms with Crippen LogP contribution in [0.5, 0.6) is 0 Å². The molecule has 2 aromatic carbocycles. The van der Waals surface area contributed by atoms with Gasteiger partial charge in [0.15, 0.2) is 5.76 Å². The fraction of sp³-hybridized carbons (Fsp3) is 0.200. The number of amides is 1. The molecule has 25 heavy (non-hydrogen) atoms. The number of anilines is 1. The Morgan fingerprint density at radius 1 is 1.08 bits per heavy atom. The van der Waals surface area contributed by atoms with E-state index in [2.05, 4.69) is 10.3 Å². The van der Waals surface area contributed by atoms with Gasteiger partial charge < -0.3 is 9.15 Å². The van der Waals surface area contributed by atoms with Gasteiger partial charge in [0.2, 0.25) is 0 Å². The van der Waals surface area contributed by atoms with E-state index in [1.807, 2.05) is 74.5 Å². The number of carbonyl (C=O) groups excluding carboxylic acids is 1. The average Bonchev–Trinajstić information content (AvgIpc) is 3.06. The molecule has 0 unspecified atom stereocenters. The van der Waals surface area contributed by atoms with Gasteiger partial charge in [0.25, 0.3) is 0 Å². The number of benzene rings is 2. The first kappa shape index (κ1) is 16.8. The molecule has 1 amide bonds. The molecule has 5 heteroatoms. The third-order valence-electron chi connectivity index (χ3n) is 3.66. The summed E-state index contributed by atoms with van der Waals surface area (Å²) in [5, 5.41) is 2.56. The fourth-order valence-corrected chi connectivity index (χ4v) is 2.42. The Balaban J connectivity index is 1.71. The Morgan fingerprint density at radius 2 is 1.72 bits per heavy atom. The van der Waals surface area contributed by atoms with Crippen molar-refractivity contribution in [1.29, 1.82) is 0 Å². The minimum absolute atomic E-state index is 0.139. The van der Waals surface area contributed by atoms with Crippen LogP contribution >= 0.6 is 0 Å². The van der Waals surface area contributed by atoms with E-state index in [4.69, 9.17) is 9.15 Å². The molecule has 3 rings (SSSR count). The summed E-state index contributed by atoms with van der Waals surface area (Å²) in [5.74, 6) is 0.823. The van der Waals surface area contributed by atoms with Crippen LogP contribution in [0.1, 0.15) is 31.0 Å². The van der Waals surface area contributed by atoms with Gasteiger partial charge in [0.05, 0.1) is 5.69 Å². The SMILES string of the molecule is CC(C)c1nc(NC(=O)OCc2ccccc2)oc1-c1ccccc1. The van der Waals surface area contributed by atoms with E-state index in [0.717, 1.165) is 16.8 Å². The Hall–Kier alpha value is -3.08. The summed E-state index contributed by atoms with van der Waals surface area (Å²) < 4.78 is 11.0. The molecule has 1 N–H and O–H groups in total. The van der Waals surface area contributed by atoms with Gasteiger partial charge in [-0.2, -0.15) is 4.98 Å². The number of carbonyl (C=O) groups is 1. The van der Waals surface area contributed by atoms with Gasteiger partial charge in [0, 0.05) is 5.56 Å². The molecular weight excluding hydrogens is 316 g/mol. The van der Waals surface area contributed by atoms with Crippen LogP contribution in [0.15, 0.2) is 65.1 Å². The molecule has 0 aliphatic carbocycles. The van der Waals surface area contributed by atoms with Crippen LogP contribution in [-0.2, 0) is 11.3 Å². The predicted octanol–water partition coefficient (Wildman–Crippen LogP) is 5.21. The van der Waals surface area contributed by atoms with E-state index in [9.17, 15) is 4.79 Å². The Morgan fingerprint density at radius 3 is 2.36 bits per heavy atom. The maximum Gasteiger partial charge on any atom is 0.415 e. The number of oxazole rings is 1. The molecule has 0 saturated carbocycles. The number of hydrogen-bond acceptors (Lipinski definition) is 4.